The minimum Gasteiger partial charge on any atom is -0.377 e. The molecule has 0 atom stereocenters. The highest BCUT2D eigenvalue weighted by Gasteiger charge is 2.21. The lowest BCUT2D eigenvalue weighted by Crippen LogP contribution is -2.38. The Hall–Kier alpha value is -0.870. The minimum atomic E-state index is 0.349. The third-order valence-corrected chi connectivity index (χ3v) is 3.18. The average molecular weight is 256 g/mol. The average Bonchev–Trinajstić information content (AvgIpc) is 2.38. The molecule has 0 amide bonds. The Morgan fingerprint density at radius 1 is 1.35 bits per heavy atom. The molecule has 2 rings (SSSR count). The van der Waals surface area contributed by atoms with E-state index in [1.807, 2.05) is 6.92 Å². The summed E-state index contributed by atoms with van der Waals surface area (Å²) in [6, 6.07) is 0. The van der Waals surface area contributed by atoms with Crippen molar-refractivity contribution in [1.82, 2.24) is 9.97 Å². The van der Waals surface area contributed by atoms with Crippen molar-refractivity contribution < 1.29 is 4.74 Å². The van der Waals surface area contributed by atoms with E-state index in [0.717, 1.165) is 37.4 Å². The normalized spacial score (nSPS) is 17.4. The van der Waals surface area contributed by atoms with Crippen LogP contribution in [-0.2, 0) is 4.74 Å². The van der Waals surface area contributed by atoms with E-state index in [2.05, 4.69) is 14.9 Å². The first-order valence-electron chi connectivity index (χ1n) is 6.01. The van der Waals surface area contributed by atoms with Crippen molar-refractivity contribution in [1.29, 1.82) is 0 Å². The van der Waals surface area contributed by atoms with Crippen LogP contribution in [0.15, 0.2) is 12.4 Å². The maximum Gasteiger partial charge on any atom is 0.150 e. The van der Waals surface area contributed by atoms with Gasteiger partial charge in [0.1, 0.15) is 5.82 Å². The van der Waals surface area contributed by atoms with E-state index < -0.39 is 0 Å². The van der Waals surface area contributed by atoms with Gasteiger partial charge in [-0.1, -0.05) is 0 Å². The van der Waals surface area contributed by atoms with Crippen LogP contribution < -0.4 is 4.90 Å². The van der Waals surface area contributed by atoms with Gasteiger partial charge in [0, 0.05) is 31.4 Å². The van der Waals surface area contributed by atoms with Gasteiger partial charge in [-0.2, -0.15) is 0 Å². The van der Waals surface area contributed by atoms with E-state index in [4.69, 9.17) is 16.3 Å². The van der Waals surface area contributed by atoms with Gasteiger partial charge in [-0.15, -0.1) is 11.6 Å². The number of piperidine rings is 1. The van der Waals surface area contributed by atoms with Crippen molar-refractivity contribution in [2.45, 2.75) is 25.9 Å². The van der Waals surface area contributed by atoms with Crippen LogP contribution in [0.5, 0.6) is 0 Å². The first-order valence-corrected chi connectivity index (χ1v) is 6.55. The van der Waals surface area contributed by atoms with Gasteiger partial charge in [0.05, 0.1) is 18.4 Å². The van der Waals surface area contributed by atoms with Crippen molar-refractivity contribution >= 4 is 17.4 Å². The summed E-state index contributed by atoms with van der Waals surface area (Å²) in [4.78, 5) is 10.9. The topological polar surface area (TPSA) is 38.2 Å². The summed E-state index contributed by atoms with van der Waals surface area (Å²) in [6.07, 6.45) is 5.90. The molecule has 0 bridgehead atoms. The van der Waals surface area contributed by atoms with Crippen LogP contribution in [0.2, 0.25) is 0 Å². The predicted molar refractivity (Wildman–Crippen MR) is 68.7 cm³/mol. The number of alkyl halides is 1. The molecule has 0 spiro atoms. The third-order valence-electron chi connectivity index (χ3n) is 3.03. The van der Waals surface area contributed by atoms with Crippen LogP contribution in [0.25, 0.3) is 0 Å². The molecule has 0 radical (unpaired) electrons. The molecule has 17 heavy (non-hydrogen) atoms. The van der Waals surface area contributed by atoms with E-state index >= 15 is 0 Å². The zero-order valence-corrected chi connectivity index (χ0v) is 10.9. The van der Waals surface area contributed by atoms with Crippen LogP contribution in [0.3, 0.4) is 0 Å². The fourth-order valence-corrected chi connectivity index (χ4v) is 2.25. The molecule has 5 heteroatoms. The SMILES string of the molecule is Cc1nccnc1N1CCC(OCCCl)CC1. The van der Waals surface area contributed by atoms with E-state index in [-0.39, 0.29) is 0 Å². The van der Waals surface area contributed by atoms with E-state index in [0.29, 0.717) is 18.6 Å². The first kappa shape index (κ1) is 12.6. The first-order chi connectivity index (χ1) is 8.31. The molecule has 1 aromatic heterocycles. The van der Waals surface area contributed by atoms with E-state index in [9.17, 15) is 0 Å². The van der Waals surface area contributed by atoms with Crippen LogP contribution >= 0.6 is 11.6 Å². The zero-order chi connectivity index (χ0) is 12.1. The second-order valence-corrected chi connectivity index (χ2v) is 4.59. The second-order valence-electron chi connectivity index (χ2n) is 4.21. The maximum absolute atomic E-state index is 5.65. The number of rotatable bonds is 4. The lowest BCUT2D eigenvalue weighted by Gasteiger charge is -2.33. The molecular formula is C12H18ClN3O. The predicted octanol–water partition coefficient (Wildman–Crippen LogP) is 2.01. The number of nitrogens with zero attached hydrogens (tertiary/aromatic N) is 3. The highest BCUT2D eigenvalue weighted by molar-refractivity contribution is 6.17. The molecule has 4 nitrogen and oxygen atoms in total. The standard InChI is InChI=1S/C12H18ClN3O/c1-10-12(15-6-5-14-10)16-7-2-11(3-8-16)17-9-4-13/h5-6,11H,2-4,7-9H2,1H3. The molecule has 0 aromatic carbocycles. The fraction of sp³-hybridized carbons (Fsp3) is 0.667. The van der Waals surface area contributed by atoms with Gasteiger partial charge < -0.3 is 9.64 Å². The number of ether oxygens (including phenoxy) is 1. The van der Waals surface area contributed by atoms with Gasteiger partial charge in [-0.25, -0.2) is 4.98 Å². The van der Waals surface area contributed by atoms with E-state index in [1.54, 1.807) is 12.4 Å². The minimum absolute atomic E-state index is 0.349. The Bertz CT molecular complexity index is 353. The van der Waals surface area contributed by atoms with Crippen molar-refractivity contribution in [2.75, 3.05) is 30.5 Å². The van der Waals surface area contributed by atoms with Gasteiger partial charge in [-0.3, -0.25) is 4.98 Å². The molecule has 2 heterocycles. The monoisotopic (exact) mass is 255 g/mol. The largest absolute Gasteiger partial charge is 0.377 e. The fourth-order valence-electron chi connectivity index (χ4n) is 2.16. The van der Waals surface area contributed by atoms with Crippen LogP contribution in [0.4, 0.5) is 5.82 Å². The summed E-state index contributed by atoms with van der Waals surface area (Å²) >= 11 is 5.61. The van der Waals surface area contributed by atoms with Gasteiger partial charge in [0.2, 0.25) is 0 Å². The highest BCUT2D eigenvalue weighted by Crippen LogP contribution is 2.21. The molecule has 1 saturated heterocycles. The third kappa shape index (κ3) is 3.30. The van der Waals surface area contributed by atoms with Crippen molar-refractivity contribution in [3.05, 3.63) is 18.1 Å². The summed E-state index contributed by atoms with van der Waals surface area (Å²) in [7, 11) is 0. The molecule has 0 saturated carbocycles. The van der Waals surface area contributed by atoms with Crippen LogP contribution in [0, 0.1) is 6.92 Å². The Morgan fingerprint density at radius 2 is 2.06 bits per heavy atom. The smallest absolute Gasteiger partial charge is 0.150 e. The highest BCUT2D eigenvalue weighted by atomic mass is 35.5. The number of aryl methyl sites for hydroxylation is 1. The lowest BCUT2D eigenvalue weighted by atomic mass is 10.1. The molecule has 1 aliphatic rings. The summed E-state index contributed by atoms with van der Waals surface area (Å²) < 4.78 is 5.65. The number of aromatic nitrogens is 2. The molecular weight excluding hydrogens is 238 g/mol. The molecule has 94 valence electrons. The van der Waals surface area contributed by atoms with Gasteiger partial charge in [0.25, 0.3) is 0 Å². The van der Waals surface area contributed by atoms with Gasteiger partial charge in [0.15, 0.2) is 0 Å². The number of hydrogen-bond acceptors (Lipinski definition) is 4. The summed E-state index contributed by atoms with van der Waals surface area (Å²) in [5.74, 6) is 1.58. The lowest BCUT2D eigenvalue weighted by molar-refractivity contribution is 0.0470. The molecule has 0 aliphatic carbocycles. The Kier molecular flexibility index (Phi) is 4.57. The van der Waals surface area contributed by atoms with Crippen molar-refractivity contribution in [3.63, 3.8) is 0 Å². The molecule has 0 N–H and O–H groups in total. The van der Waals surface area contributed by atoms with Crippen molar-refractivity contribution in [3.8, 4) is 0 Å². The molecule has 1 fully saturated rings. The summed E-state index contributed by atoms with van der Waals surface area (Å²) in [6.45, 7) is 4.60. The Balaban J connectivity index is 1.89. The van der Waals surface area contributed by atoms with E-state index in [1.165, 1.54) is 0 Å². The van der Waals surface area contributed by atoms with Gasteiger partial charge >= 0.3 is 0 Å². The summed E-state index contributed by atoms with van der Waals surface area (Å²) in [5, 5.41) is 0. The van der Waals surface area contributed by atoms with Crippen LogP contribution in [-0.4, -0.2) is 41.6 Å². The van der Waals surface area contributed by atoms with Crippen LogP contribution in [0.1, 0.15) is 18.5 Å². The number of anilines is 1. The molecule has 1 aliphatic heterocycles. The maximum atomic E-state index is 5.65. The number of hydrogen-bond donors (Lipinski definition) is 0. The Labute approximate surface area is 107 Å². The Morgan fingerprint density at radius 3 is 2.71 bits per heavy atom. The van der Waals surface area contributed by atoms with Gasteiger partial charge in [-0.05, 0) is 19.8 Å². The van der Waals surface area contributed by atoms with Crippen molar-refractivity contribution in [2.24, 2.45) is 0 Å². The second kappa shape index (κ2) is 6.17. The molecule has 1 aromatic rings. The summed E-state index contributed by atoms with van der Waals surface area (Å²) in [5.41, 5.74) is 0.993. The number of halogens is 1. The zero-order valence-electron chi connectivity index (χ0n) is 10.1. The quantitative estimate of drug-likeness (QED) is 0.772. The molecule has 0 unspecified atom stereocenters.